The van der Waals surface area contributed by atoms with Gasteiger partial charge in [-0.25, -0.2) is 8.78 Å². The summed E-state index contributed by atoms with van der Waals surface area (Å²) in [5, 5.41) is 13.6. The topological polar surface area (TPSA) is 130 Å². The number of halogens is 2. The summed E-state index contributed by atoms with van der Waals surface area (Å²) in [6.07, 6.45) is 2.28. The van der Waals surface area contributed by atoms with Crippen LogP contribution in [0.25, 0.3) is 32.1 Å². The maximum Gasteiger partial charge on any atom is 0.318 e. The minimum absolute atomic E-state index is 0.00214. The third-order valence-corrected chi connectivity index (χ3v) is 9.85. The number of carbonyl (C=O) groups is 1. The second-order valence-electron chi connectivity index (χ2n) is 11.1. The predicted molar refractivity (Wildman–Crippen MR) is 159 cm³/mol. The fourth-order valence-electron chi connectivity index (χ4n) is 6.97. The predicted octanol–water partition coefficient (Wildman–Crippen LogP) is 4.07. The van der Waals surface area contributed by atoms with Crippen LogP contribution in [0.1, 0.15) is 36.0 Å². The Balaban J connectivity index is 1.42. The highest BCUT2D eigenvalue weighted by molar-refractivity contribution is 7.23. The van der Waals surface area contributed by atoms with E-state index in [-0.39, 0.29) is 69.8 Å². The summed E-state index contributed by atoms with van der Waals surface area (Å²) in [5.41, 5.74) is 7.45. The van der Waals surface area contributed by atoms with E-state index in [2.05, 4.69) is 26.2 Å². The zero-order valence-electron chi connectivity index (χ0n) is 23.7. The van der Waals surface area contributed by atoms with Gasteiger partial charge in [0.2, 0.25) is 5.91 Å². The number of amides is 1. The van der Waals surface area contributed by atoms with Crippen molar-refractivity contribution < 1.29 is 23.0 Å². The summed E-state index contributed by atoms with van der Waals surface area (Å²) in [5.74, 6) is -0.815. The standard InChI is InChI=1S/C30H29F2N7O3S/c1-35-21(40)7-8-38-10-14-3-4-15(11-38)39(14)29-24-18-13-42-12-17(18)23(26(32)27(24)36-30(37-29)41-2)25-19(31)5-6-20-22(25)16(9-33)28(34)43-20/h5-6,14-15H,3-4,7-8,10-13,34H2,1-2H3,(H,35,40). The van der Waals surface area contributed by atoms with Gasteiger partial charge in [0.1, 0.15) is 28.2 Å². The number of likely N-dealkylation sites (tertiary alicyclic amines) is 1. The largest absolute Gasteiger partial charge is 0.467 e. The average molecular weight is 606 g/mol. The van der Waals surface area contributed by atoms with Crippen LogP contribution in [0, 0.1) is 23.0 Å². The van der Waals surface area contributed by atoms with Crippen molar-refractivity contribution in [3.63, 3.8) is 0 Å². The molecule has 2 aromatic heterocycles. The molecular weight excluding hydrogens is 576 g/mol. The molecule has 222 valence electrons. The van der Waals surface area contributed by atoms with Gasteiger partial charge < -0.3 is 25.4 Å². The Hall–Kier alpha value is -4.12. The van der Waals surface area contributed by atoms with Gasteiger partial charge >= 0.3 is 6.01 Å². The number of hydrogen-bond acceptors (Lipinski definition) is 10. The van der Waals surface area contributed by atoms with E-state index in [1.54, 1.807) is 13.1 Å². The van der Waals surface area contributed by atoms with Crippen LogP contribution >= 0.6 is 11.3 Å². The van der Waals surface area contributed by atoms with Crippen molar-refractivity contribution in [2.24, 2.45) is 0 Å². The van der Waals surface area contributed by atoms with Crippen molar-refractivity contribution >= 4 is 49.1 Å². The maximum atomic E-state index is 17.0. The summed E-state index contributed by atoms with van der Waals surface area (Å²) in [7, 11) is 3.07. The number of nitriles is 1. The number of ether oxygens (including phenoxy) is 2. The molecule has 2 fully saturated rings. The van der Waals surface area contributed by atoms with E-state index < -0.39 is 11.6 Å². The van der Waals surface area contributed by atoms with Gasteiger partial charge in [-0.1, -0.05) is 0 Å². The SMILES string of the molecule is CNC(=O)CCN1CC2CCC(C1)N2c1nc(OC)nc2c(F)c(-c3c(F)ccc4sc(N)c(C#N)c34)c3c(c12)COC3. The molecule has 2 aromatic carbocycles. The third kappa shape index (κ3) is 4.27. The first-order chi connectivity index (χ1) is 20.8. The molecule has 1 amide bonds. The highest BCUT2D eigenvalue weighted by atomic mass is 32.1. The zero-order chi connectivity index (χ0) is 30.0. The first-order valence-corrected chi connectivity index (χ1v) is 14.9. The van der Waals surface area contributed by atoms with Gasteiger partial charge in [-0.2, -0.15) is 15.2 Å². The van der Waals surface area contributed by atoms with E-state index in [1.165, 1.54) is 13.2 Å². The molecule has 0 spiro atoms. The van der Waals surface area contributed by atoms with Crippen LogP contribution in [0.2, 0.25) is 0 Å². The molecule has 3 aliphatic rings. The number of rotatable bonds is 6. The number of fused-ring (bicyclic) bond motifs is 6. The number of nitrogens with zero attached hydrogens (tertiary/aromatic N) is 5. The number of nitrogens with two attached hydrogens (primary N) is 1. The van der Waals surface area contributed by atoms with E-state index in [9.17, 15) is 10.1 Å². The lowest BCUT2D eigenvalue weighted by molar-refractivity contribution is -0.121. The zero-order valence-corrected chi connectivity index (χ0v) is 24.5. The van der Waals surface area contributed by atoms with Crippen LogP contribution in [-0.2, 0) is 22.7 Å². The smallest absolute Gasteiger partial charge is 0.318 e. The first kappa shape index (κ1) is 27.7. The Labute approximate surface area is 250 Å². The molecule has 7 rings (SSSR count). The number of thiophene rings is 1. The summed E-state index contributed by atoms with van der Waals surface area (Å²) in [6.45, 7) is 2.39. The van der Waals surface area contributed by atoms with Crippen molar-refractivity contribution in [3.8, 4) is 23.2 Å². The molecular formula is C30H29F2N7O3S. The van der Waals surface area contributed by atoms with E-state index in [0.717, 1.165) is 37.3 Å². The number of piperazine rings is 1. The second-order valence-corrected chi connectivity index (χ2v) is 12.2. The van der Waals surface area contributed by atoms with Gasteiger partial charge in [0.25, 0.3) is 0 Å². The highest BCUT2D eigenvalue weighted by Crippen LogP contribution is 2.49. The fourth-order valence-corrected chi connectivity index (χ4v) is 7.90. The van der Waals surface area contributed by atoms with Crippen LogP contribution in [0.15, 0.2) is 12.1 Å². The van der Waals surface area contributed by atoms with Gasteiger partial charge in [0, 0.05) is 66.4 Å². The molecule has 4 aromatic rings. The molecule has 0 saturated carbocycles. The lowest BCUT2D eigenvalue weighted by atomic mass is 9.90. The fraction of sp³-hybridized carbons (Fsp3) is 0.400. The van der Waals surface area contributed by atoms with Crippen molar-refractivity contribution in [2.45, 2.75) is 44.6 Å². The summed E-state index contributed by atoms with van der Waals surface area (Å²) < 4.78 is 44.6. The molecule has 2 bridgehead atoms. The summed E-state index contributed by atoms with van der Waals surface area (Å²) in [6, 6.07) is 5.11. The second kappa shape index (κ2) is 10.6. The van der Waals surface area contributed by atoms with E-state index in [4.69, 9.17) is 20.2 Å². The third-order valence-electron chi connectivity index (χ3n) is 8.87. The van der Waals surface area contributed by atoms with Gasteiger partial charge in [0.15, 0.2) is 5.82 Å². The molecule has 2 saturated heterocycles. The monoisotopic (exact) mass is 605 g/mol. The number of nitrogen functional groups attached to an aromatic ring is 1. The molecule has 5 heterocycles. The molecule has 2 atom stereocenters. The van der Waals surface area contributed by atoms with E-state index >= 15 is 8.78 Å². The Morgan fingerprint density at radius 1 is 1.19 bits per heavy atom. The minimum atomic E-state index is -0.724. The highest BCUT2D eigenvalue weighted by Gasteiger charge is 2.43. The van der Waals surface area contributed by atoms with Gasteiger partial charge in [-0.15, -0.1) is 11.3 Å². The number of methoxy groups -OCH3 is 1. The van der Waals surface area contributed by atoms with Crippen LogP contribution < -0.4 is 20.7 Å². The van der Waals surface area contributed by atoms with Crippen LogP contribution in [0.3, 0.4) is 0 Å². The lowest BCUT2D eigenvalue weighted by Gasteiger charge is -2.42. The van der Waals surface area contributed by atoms with Gasteiger partial charge in [-0.05, 0) is 36.1 Å². The van der Waals surface area contributed by atoms with Crippen LogP contribution in [-0.4, -0.2) is 66.7 Å². The molecule has 0 aliphatic carbocycles. The molecule has 10 nitrogen and oxygen atoms in total. The molecule has 0 radical (unpaired) electrons. The van der Waals surface area contributed by atoms with Crippen LogP contribution in [0.5, 0.6) is 6.01 Å². The number of carbonyl (C=O) groups excluding carboxylic acids is 1. The van der Waals surface area contributed by atoms with Gasteiger partial charge in [0.05, 0.1) is 31.3 Å². The Morgan fingerprint density at radius 2 is 1.93 bits per heavy atom. The molecule has 13 heteroatoms. The number of anilines is 2. The molecule has 3 N–H and O–H groups in total. The number of aromatic nitrogens is 2. The Morgan fingerprint density at radius 3 is 2.63 bits per heavy atom. The summed E-state index contributed by atoms with van der Waals surface area (Å²) >= 11 is 1.16. The Bertz CT molecular complexity index is 1840. The van der Waals surface area contributed by atoms with Gasteiger partial charge in [-0.3, -0.25) is 9.69 Å². The van der Waals surface area contributed by atoms with Crippen molar-refractivity contribution in [1.29, 1.82) is 5.26 Å². The lowest BCUT2D eigenvalue weighted by Crippen LogP contribution is -2.54. The van der Waals surface area contributed by atoms with Crippen molar-refractivity contribution in [3.05, 3.63) is 40.5 Å². The van der Waals surface area contributed by atoms with E-state index in [1.807, 2.05) is 0 Å². The number of hydrogen-bond donors (Lipinski definition) is 2. The minimum Gasteiger partial charge on any atom is -0.467 e. The first-order valence-electron chi connectivity index (χ1n) is 14.1. The maximum absolute atomic E-state index is 17.0. The molecule has 3 aliphatic heterocycles. The normalized spacial score (nSPS) is 19.7. The van der Waals surface area contributed by atoms with Crippen molar-refractivity contribution in [2.75, 3.05) is 44.4 Å². The van der Waals surface area contributed by atoms with E-state index in [0.29, 0.717) is 40.0 Å². The number of nitrogens with one attached hydrogen (secondary N) is 1. The summed E-state index contributed by atoms with van der Waals surface area (Å²) in [4.78, 5) is 25.6. The molecule has 2 unspecified atom stereocenters. The quantitative estimate of drug-likeness (QED) is 0.334. The Kier molecular flexibility index (Phi) is 6.80. The number of benzene rings is 2. The molecule has 43 heavy (non-hydrogen) atoms. The average Bonchev–Trinajstić information content (AvgIpc) is 3.69. The van der Waals surface area contributed by atoms with Crippen LogP contribution in [0.4, 0.5) is 19.6 Å². The van der Waals surface area contributed by atoms with Crippen molar-refractivity contribution in [1.82, 2.24) is 20.2 Å².